The van der Waals surface area contributed by atoms with E-state index >= 15 is 0 Å². The van der Waals surface area contributed by atoms with Crippen LogP contribution in [-0.2, 0) is 0 Å². The molecular weight excluding hydrogens is 318 g/mol. The highest BCUT2D eigenvalue weighted by atomic mass is 79.9. The van der Waals surface area contributed by atoms with Gasteiger partial charge >= 0.3 is 0 Å². The molecular formula is C13H17BrClNS. The van der Waals surface area contributed by atoms with Gasteiger partial charge in [-0.05, 0) is 51.7 Å². The molecule has 1 aromatic carbocycles. The molecule has 1 aromatic rings. The van der Waals surface area contributed by atoms with Crippen LogP contribution in [0.2, 0.25) is 5.02 Å². The number of benzene rings is 1. The van der Waals surface area contributed by atoms with Gasteiger partial charge in [0.05, 0.1) is 5.02 Å². The fourth-order valence-electron chi connectivity index (χ4n) is 1.96. The zero-order valence-electron chi connectivity index (χ0n) is 10.1. The highest BCUT2D eigenvalue weighted by Gasteiger charge is 2.32. The first-order valence-corrected chi connectivity index (χ1v) is 8.11. The largest absolute Gasteiger partial charge is 0.381 e. The lowest BCUT2D eigenvalue weighted by Gasteiger charge is -2.39. The van der Waals surface area contributed by atoms with Crippen molar-refractivity contribution in [1.29, 1.82) is 0 Å². The van der Waals surface area contributed by atoms with Crippen LogP contribution in [0, 0.1) is 5.41 Å². The van der Waals surface area contributed by atoms with Crippen LogP contribution < -0.4 is 5.32 Å². The first kappa shape index (κ1) is 13.6. The van der Waals surface area contributed by atoms with Gasteiger partial charge < -0.3 is 5.32 Å². The molecule has 0 radical (unpaired) electrons. The molecule has 1 heterocycles. The highest BCUT2D eigenvalue weighted by molar-refractivity contribution is 9.10. The van der Waals surface area contributed by atoms with Crippen LogP contribution in [0.15, 0.2) is 22.7 Å². The topological polar surface area (TPSA) is 12.0 Å². The lowest BCUT2D eigenvalue weighted by molar-refractivity contribution is 0.305. The maximum absolute atomic E-state index is 6.11. The van der Waals surface area contributed by atoms with E-state index in [9.17, 15) is 0 Å². The summed E-state index contributed by atoms with van der Waals surface area (Å²) in [6.07, 6.45) is 1.26. The van der Waals surface area contributed by atoms with Crippen LogP contribution in [-0.4, -0.2) is 17.5 Å². The van der Waals surface area contributed by atoms with Gasteiger partial charge in [-0.3, -0.25) is 0 Å². The van der Waals surface area contributed by atoms with Crippen molar-refractivity contribution in [3.05, 3.63) is 27.7 Å². The normalized spacial score (nSPS) is 23.4. The van der Waals surface area contributed by atoms with E-state index in [1.807, 2.05) is 23.9 Å². The summed E-state index contributed by atoms with van der Waals surface area (Å²) in [6, 6.07) is 6.57. The molecule has 2 rings (SSSR count). The summed E-state index contributed by atoms with van der Waals surface area (Å²) in [6.45, 7) is 4.68. The Kier molecular flexibility index (Phi) is 4.32. The summed E-state index contributed by atoms with van der Waals surface area (Å²) in [5, 5.41) is 4.37. The Bertz CT molecular complexity index is 408. The Morgan fingerprint density at radius 1 is 1.47 bits per heavy atom. The number of hydrogen-bond donors (Lipinski definition) is 1. The lowest BCUT2D eigenvalue weighted by Crippen LogP contribution is -2.41. The van der Waals surface area contributed by atoms with Gasteiger partial charge in [-0.25, -0.2) is 0 Å². The van der Waals surface area contributed by atoms with Crippen molar-refractivity contribution in [2.45, 2.75) is 26.3 Å². The summed E-state index contributed by atoms with van der Waals surface area (Å²) in [5.74, 6) is 2.44. The van der Waals surface area contributed by atoms with E-state index in [0.29, 0.717) is 11.5 Å². The number of anilines is 1. The van der Waals surface area contributed by atoms with Crippen molar-refractivity contribution < 1.29 is 0 Å². The highest BCUT2D eigenvalue weighted by Crippen LogP contribution is 2.36. The van der Waals surface area contributed by atoms with Gasteiger partial charge in [0.15, 0.2) is 0 Å². The third-order valence-corrected chi connectivity index (χ3v) is 5.67. The zero-order chi connectivity index (χ0) is 12.5. The summed E-state index contributed by atoms with van der Waals surface area (Å²) in [4.78, 5) is 0. The summed E-state index contributed by atoms with van der Waals surface area (Å²) in [7, 11) is 0. The third kappa shape index (κ3) is 3.33. The first-order chi connectivity index (χ1) is 7.99. The maximum Gasteiger partial charge on any atom is 0.0568 e. The minimum atomic E-state index is 0.352. The first-order valence-electron chi connectivity index (χ1n) is 5.78. The summed E-state index contributed by atoms with van der Waals surface area (Å²) in [5.41, 5.74) is 1.46. The van der Waals surface area contributed by atoms with Crippen molar-refractivity contribution in [1.82, 2.24) is 0 Å². The van der Waals surface area contributed by atoms with Crippen molar-refractivity contribution in [2.75, 3.05) is 16.8 Å². The quantitative estimate of drug-likeness (QED) is 0.812. The van der Waals surface area contributed by atoms with Crippen molar-refractivity contribution >= 4 is 45.0 Å². The van der Waals surface area contributed by atoms with Crippen LogP contribution in [0.3, 0.4) is 0 Å². The predicted molar refractivity (Wildman–Crippen MR) is 82.3 cm³/mol. The van der Waals surface area contributed by atoms with E-state index in [-0.39, 0.29) is 0 Å². The molecule has 1 saturated heterocycles. The van der Waals surface area contributed by atoms with Crippen LogP contribution in [0.4, 0.5) is 5.69 Å². The fourth-order valence-corrected chi connectivity index (χ4v) is 3.99. The third-order valence-electron chi connectivity index (χ3n) is 3.38. The molecule has 1 nitrogen and oxygen atoms in total. The average Bonchev–Trinajstić information content (AvgIpc) is 2.26. The maximum atomic E-state index is 6.11. The molecule has 1 aliphatic rings. The monoisotopic (exact) mass is 333 g/mol. The summed E-state index contributed by atoms with van der Waals surface area (Å²) >= 11 is 11.6. The Balaban J connectivity index is 2.11. The van der Waals surface area contributed by atoms with Crippen LogP contribution in [0.25, 0.3) is 0 Å². The average molecular weight is 335 g/mol. The van der Waals surface area contributed by atoms with Gasteiger partial charge in [0.2, 0.25) is 0 Å². The Morgan fingerprint density at radius 3 is 2.88 bits per heavy atom. The molecule has 0 amide bonds. The molecule has 0 spiro atoms. The van der Waals surface area contributed by atoms with Gasteiger partial charge in [-0.2, -0.15) is 11.8 Å². The Labute approximate surface area is 121 Å². The lowest BCUT2D eigenvalue weighted by atomic mass is 9.82. The molecule has 0 aliphatic carbocycles. The van der Waals surface area contributed by atoms with Crippen LogP contribution in [0.5, 0.6) is 0 Å². The molecule has 1 unspecified atom stereocenters. The van der Waals surface area contributed by atoms with Crippen molar-refractivity contribution in [3.8, 4) is 0 Å². The van der Waals surface area contributed by atoms with Gasteiger partial charge in [0.25, 0.3) is 0 Å². The van der Waals surface area contributed by atoms with Gasteiger partial charge in [0, 0.05) is 22.0 Å². The Hall–Kier alpha value is 0.140. The van der Waals surface area contributed by atoms with Crippen molar-refractivity contribution in [2.24, 2.45) is 5.41 Å². The minimum absolute atomic E-state index is 0.352. The predicted octanol–water partition coefficient (Wildman–Crippen LogP) is 5.05. The number of halogens is 2. The molecule has 4 heteroatoms. The van der Waals surface area contributed by atoms with Crippen LogP contribution in [0.1, 0.15) is 20.3 Å². The van der Waals surface area contributed by atoms with E-state index < -0.39 is 0 Å². The van der Waals surface area contributed by atoms with Gasteiger partial charge in [-0.15, -0.1) is 0 Å². The van der Waals surface area contributed by atoms with Crippen molar-refractivity contribution in [3.63, 3.8) is 0 Å². The zero-order valence-corrected chi connectivity index (χ0v) is 13.3. The molecule has 1 aliphatic heterocycles. The molecule has 94 valence electrons. The second-order valence-corrected chi connectivity index (χ2v) is 7.55. The second-order valence-electron chi connectivity index (χ2n) is 5.14. The number of nitrogens with one attached hydrogen (secondary N) is 1. The Morgan fingerprint density at radius 2 is 2.24 bits per heavy atom. The molecule has 1 atom stereocenters. The van der Waals surface area contributed by atoms with Gasteiger partial charge in [-0.1, -0.05) is 25.4 Å². The summed E-state index contributed by atoms with van der Waals surface area (Å²) < 4.78 is 0.946. The number of rotatable bonds is 2. The van der Waals surface area contributed by atoms with E-state index in [2.05, 4.69) is 41.2 Å². The molecule has 0 aromatic heterocycles. The molecule has 0 bridgehead atoms. The molecule has 1 fully saturated rings. The standard InChI is InChI=1S/C13H17BrClNS/c1-13(2)5-6-17-8-12(13)16-9-3-4-10(14)11(15)7-9/h3-4,7,12,16H,5-6,8H2,1-2H3. The van der Waals surface area contributed by atoms with Crippen LogP contribution >= 0.6 is 39.3 Å². The van der Waals surface area contributed by atoms with E-state index in [1.54, 1.807) is 0 Å². The van der Waals surface area contributed by atoms with E-state index in [0.717, 1.165) is 15.2 Å². The fraction of sp³-hybridized carbons (Fsp3) is 0.538. The van der Waals surface area contributed by atoms with E-state index in [4.69, 9.17) is 11.6 Å². The minimum Gasteiger partial charge on any atom is -0.381 e. The number of thioether (sulfide) groups is 1. The second kappa shape index (κ2) is 5.41. The smallest absolute Gasteiger partial charge is 0.0568 e. The molecule has 1 N–H and O–H groups in total. The van der Waals surface area contributed by atoms with Gasteiger partial charge in [0.1, 0.15) is 0 Å². The van der Waals surface area contributed by atoms with E-state index in [1.165, 1.54) is 17.9 Å². The number of hydrogen-bond acceptors (Lipinski definition) is 2. The SMILES string of the molecule is CC1(C)CCSCC1Nc1ccc(Br)c(Cl)c1. The molecule has 17 heavy (non-hydrogen) atoms. The molecule has 0 saturated carbocycles.